The number of nitrogens with zero attached hydrogens (tertiary/aromatic N) is 2. The molecular formula is C19H16N2O2. The minimum atomic E-state index is -0.301. The zero-order valence-electron chi connectivity index (χ0n) is 12.8. The Hall–Kier alpha value is -3.01. The molecule has 3 rings (SSSR count). The van der Waals surface area contributed by atoms with Gasteiger partial charge in [-0.15, -0.1) is 0 Å². The van der Waals surface area contributed by atoms with Crippen LogP contribution >= 0.6 is 0 Å². The Bertz CT molecular complexity index is 855. The van der Waals surface area contributed by atoms with Gasteiger partial charge in [-0.1, -0.05) is 18.2 Å². The Balaban J connectivity index is 1.77. The number of hydrogen-bond acceptors (Lipinski definition) is 4. The molecule has 0 aliphatic rings. The van der Waals surface area contributed by atoms with Crippen molar-refractivity contribution in [1.82, 2.24) is 9.97 Å². The van der Waals surface area contributed by atoms with Crippen LogP contribution in [0, 0.1) is 0 Å². The highest BCUT2D eigenvalue weighted by Crippen LogP contribution is 2.13. The Kier molecular flexibility index (Phi) is 4.43. The fourth-order valence-electron chi connectivity index (χ4n) is 2.19. The second kappa shape index (κ2) is 6.83. The molecule has 4 nitrogen and oxygen atoms in total. The molecule has 0 radical (unpaired) electrons. The minimum Gasteiger partial charge on any atom is -0.462 e. The van der Waals surface area contributed by atoms with Gasteiger partial charge in [-0.05, 0) is 55.0 Å². The number of ether oxygens (including phenoxy) is 1. The summed E-state index contributed by atoms with van der Waals surface area (Å²) in [5.41, 5.74) is 3.11. The molecule has 0 N–H and O–H groups in total. The Labute approximate surface area is 134 Å². The van der Waals surface area contributed by atoms with Crippen molar-refractivity contribution in [2.45, 2.75) is 6.92 Å². The van der Waals surface area contributed by atoms with Crippen LogP contribution in [0.5, 0.6) is 0 Å². The third kappa shape index (κ3) is 3.61. The average Bonchev–Trinajstić information content (AvgIpc) is 2.60. The maximum Gasteiger partial charge on any atom is 0.338 e. The molecule has 0 saturated carbocycles. The standard InChI is InChI=1S/C19H16N2O2/c1-2-23-19(22)16-8-5-14(6-9-16)7-11-17-12-10-15-4-3-13-20-18(15)21-17/h3-13H,2H2,1H3. The lowest BCUT2D eigenvalue weighted by atomic mass is 10.1. The summed E-state index contributed by atoms with van der Waals surface area (Å²) in [7, 11) is 0. The predicted octanol–water partition coefficient (Wildman–Crippen LogP) is 3.98. The lowest BCUT2D eigenvalue weighted by Crippen LogP contribution is -2.03. The van der Waals surface area contributed by atoms with Gasteiger partial charge in [0.1, 0.15) is 0 Å². The van der Waals surface area contributed by atoms with Crippen LogP contribution in [0.2, 0.25) is 0 Å². The van der Waals surface area contributed by atoms with E-state index in [1.165, 1.54) is 0 Å². The highest BCUT2D eigenvalue weighted by molar-refractivity contribution is 5.89. The van der Waals surface area contributed by atoms with E-state index in [0.29, 0.717) is 12.2 Å². The molecule has 2 aromatic heterocycles. The highest BCUT2D eigenvalue weighted by atomic mass is 16.5. The van der Waals surface area contributed by atoms with Gasteiger partial charge in [0.2, 0.25) is 0 Å². The summed E-state index contributed by atoms with van der Waals surface area (Å²) in [6.07, 6.45) is 5.61. The second-order valence-electron chi connectivity index (χ2n) is 4.96. The molecule has 0 fully saturated rings. The molecule has 0 aliphatic heterocycles. The van der Waals surface area contributed by atoms with E-state index in [0.717, 1.165) is 22.3 Å². The van der Waals surface area contributed by atoms with Gasteiger partial charge < -0.3 is 4.74 Å². The number of fused-ring (bicyclic) bond motifs is 1. The summed E-state index contributed by atoms with van der Waals surface area (Å²) in [5, 5.41) is 1.02. The normalized spacial score (nSPS) is 11.0. The van der Waals surface area contributed by atoms with Crippen LogP contribution in [-0.4, -0.2) is 22.5 Å². The molecular weight excluding hydrogens is 288 g/mol. The predicted molar refractivity (Wildman–Crippen MR) is 90.9 cm³/mol. The largest absolute Gasteiger partial charge is 0.462 e. The van der Waals surface area contributed by atoms with Crippen LogP contribution in [-0.2, 0) is 4.74 Å². The van der Waals surface area contributed by atoms with E-state index in [1.54, 1.807) is 25.3 Å². The first-order valence-corrected chi connectivity index (χ1v) is 7.43. The number of carbonyl (C=O) groups excluding carboxylic acids is 1. The molecule has 0 atom stereocenters. The molecule has 3 aromatic rings. The van der Waals surface area contributed by atoms with E-state index in [-0.39, 0.29) is 5.97 Å². The van der Waals surface area contributed by atoms with Crippen LogP contribution in [0.1, 0.15) is 28.5 Å². The molecule has 0 amide bonds. The number of carbonyl (C=O) groups is 1. The molecule has 1 aromatic carbocycles. The van der Waals surface area contributed by atoms with E-state index in [9.17, 15) is 4.79 Å². The molecule has 0 aliphatic carbocycles. The number of esters is 1. The number of aromatic nitrogens is 2. The third-order valence-electron chi connectivity index (χ3n) is 3.35. The van der Waals surface area contributed by atoms with E-state index < -0.39 is 0 Å². The molecule has 114 valence electrons. The van der Waals surface area contributed by atoms with Crippen molar-refractivity contribution in [2.75, 3.05) is 6.61 Å². The number of pyridine rings is 2. The van der Waals surface area contributed by atoms with Crippen LogP contribution in [0.25, 0.3) is 23.2 Å². The molecule has 0 unspecified atom stereocenters. The summed E-state index contributed by atoms with van der Waals surface area (Å²) in [4.78, 5) is 20.3. The lowest BCUT2D eigenvalue weighted by molar-refractivity contribution is 0.0526. The van der Waals surface area contributed by atoms with Crippen molar-refractivity contribution in [2.24, 2.45) is 0 Å². The van der Waals surface area contributed by atoms with Crippen LogP contribution in [0.15, 0.2) is 54.7 Å². The summed E-state index contributed by atoms with van der Waals surface area (Å²) in [5.74, 6) is -0.301. The van der Waals surface area contributed by atoms with Gasteiger partial charge in [-0.25, -0.2) is 14.8 Å². The first kappa shape index (κ1) is 14.9. The Morgan fingerprint density at radius 2 is 1.91 bits per heavy atom. The summed E-state index contributed by atoms with van der Waals surface area (Å²) < 4.78 is 4.96. The monoisotopic (exact) mass is 304 g/mol. The van der Waals surface area contributed by atoms with Gasteiger partial charge in [-0.3, -0.25) is 0 Å². The minimum absolute atomic E-state index is 0.301. The van der Waals surface area contributed by atoms with Crippen molar-refractivity contribution >= 4 is 29.2 Å². The van der Waals surface area contributed by atoms with Crippen molar-refractivity contribution in [1.29, 1.82) is 0 Å². The first-order chi connectivity index (χ1) is 11.3. The van der Waals surface area contributed by atoms with Crippen molar-refractivity contribution in [3.8, 4) is 0 Å². The van der Waals surface area contributed by atoms with Crippen LogP contribution < -0.4 is 0 Å². The Morgan fingerprint density at radius 1 is 1.09 bits per heavy atom. The van der Waals surface area contributed by atoms with E-state index in [2.05, 4.69) is 9.97 Å². The van der Waals surface area contributed by atoms with E-state index in [4.69, 9.17) is 4.74 Å². The van der Waals surface area contributed by atoms with Crippen molar-refractivity contribution in [3.63, 3.8) is 0 Å². The van der Waals surface area contributed by atoms with Gasteiger partial charge in [0, 0.05) is 11.6 Å². The molecule has 2 heterocycles. The summed E-state index contributed by atoms with van der Waals surface area (Å²) >= 11 is 0. The molecule has 0 spiro atoms. The number of benzene rings is 1. The Morgan fingerprint density at radius 3 is 2.70 bits per heavy atom. The van der Waals surface area contributed by atoms with Crippen LogP contribution in [0.4, 0.5) is 0 Å². The smallest absolute Gasteiger partial charge is 0.338 e. The number of hydrogen-bond donors (Lipinski definition) is 0. The summed E-state index contributed by atoms with van der Waals surface area (Å²) in [6, 6.07) is 15.1. The van der Waals surface area contributed by atoms with Gasteiger partial charge >= 0.3 is 5.97 Å². The molecule has 23 heavy (non-hydrogen) atoms. The third-order valence-corrected chi connectivity index (χ3v) is 3.35. The fourth-order valence-corrected chi connectivity index (χ4v) is 2.19. The molecule has 0 saturated heterocycles. The van der Waals surface area contributed by atoms with Gasteiger partial charge in [0.15, 0.2) is 5.65 Å². The van der Waals surface area contributed by atoms with E-state index >= 15 is 0 Å². The van der Waals surface area contributed by atoms with Gasteiger partial charge in [-0.2, -0.15) is 0 Å². The molecule has 4 heteroatoms. The summed E-state index contributed by atoms with van der Waals surface area (Å²) in [6.45, 7) is 2.17. The zero-order valence-corrected chi connectivity index (χ0v) is 12.8. The van der Waals surface area contributed by atoms with Crippen LogP contribution in [0.3, 0.4) is 0 Å². The quantitative estimate of drug-likeness (QED) is 0.684. The fraction of sp³-hybridized carbons (Fsp3) is 0.105. The highest BCUT2D eigenvalue weighted by Gasteiger charge is 2.04. The first-order valence-electron chi connectivity index (χ1n) is 7.43. The lowest BCUT2D eigenvalue weighted by Gasteiger charge is -2.02. The van der Waals surface area contributed by atoms with Gasteiger partial charge in [0.05, 0.1) is 17.9 Å². The molecule has 0 bridgehead atoms. The van der Waals surface area contributed by atoms with Gasteiger partial charge in [0.25, 0.3) is 0 Å². The maximum absolute atomic E-state index is 11.6. The average molecular weight is 304 g/mol. The topological polar surface area (TPSA) is 52.1 Å². The second-order valence-corrected chi connectivity index (χ2v) is 4.96. The van der Waals surface area contributed by atoms with E-state index in [1.807, 2.05) is 48.6 Å². The maximum atomic E-state index is 11.6. The number of rotatable bonds is 4. The van der Waals surface area contributed by atoms with Crippen molar-refractivity contribution in [3.05, 3.63) is 71.5 Å². The van der Waals surface area contributed by atoms with Crippen molar-refractivity contribution < 1.29 is 9.53 Å². The SMILES string of the molecule is CCOC(=O)c1ccc(C=Cc2ccc3cccnc3n2)cc1. The zero-order chi connectivity index (χ0) is 16.1.